The Morgan fingerprint density at radius 1 is 1.75 bits per heavy atom. The van der Waals surface area contributed by atoms with Gasteiger partial charge >= 0.3 is 0 Å². The van der Waals surface area contributed by atoms with Gasteiger partial charge in [0.2, 0.25) is 5.91 Å². The molecule has 0 aliphatic carbocycles. The van der Waals surface area contributed by atoms with Crippen LogP contribution in [-0.2, 0) is 11.3 Å². The third-order valence-electron chi connectivity index (χ3n) is 3.10. The summed E-state index contributed by atoms with van der Waals surface area (Å²) >= 11 is 1.49. The summed E-state index contributed by atoms with van der Waals surface area (Å²) in [4.78, 5) is 18.7. The molecule has 0 radical (unpaired) electrons. The standard InChI is InChI=1S/C10H16N4OS/c1-10(8(11)15)2-3-14(6-10)5-7-4-13-9(12)16-7/h4H,2-3,5-6H2,1H3,(H2,11,15)(H2,12,13). The van der Waals surface area contributed by atoms with Gasteiger partial charge in [-0.2, -0.15) is 0 Å². The highest BCUT2D eigenvalue weighted by Gasteiger charge is 2.38. The Kier molecular flexibility index (Phi) is 2.86. The Morgan fingerprint density at radius 3 is 3.00 bits per heavy atom. The van der Waals surface area contributed by atoms with E-state index in [1.165, 1.54) is 11.3 Å². The average Bonchev–Trinajstić information content (AvgIpc) is 2.75. The lowest BCUT2D eigenvalue weighted by atomic mass is 9.89. The van der Waals surface area contributed by atoms with Crippen LogP contribution >= 0.6 is 11.3 Å². The highest BCUT2D eigenvalue weighted by atomic mass is 32.1. The lowest BCUT2D eigenvalue weighted by molar-refractivity contribution is -0.126. The first-order valence-electron chi connectivity index (χ1n) is 5.22. The summed E-state index contributed by atoms with van der Waals surface area (Å²) in [6.07, 6.45) is 2.62. The van der Waals surface area contributed by atoms with Crippen molar-refractivity contribution < 1.29 is 4.79 Å². The number of amides is 1. The number of nitrogens with zero attached hydrogens (tertiary/aromatic N) is 2. The fourth-order valence-corrected chi connectivity index (χ4v) is 2.74. The van der Waals surface area contributed by atoms with Gasteiger partial charge in [-0.1, -0.05) is 0 Å². The molecule has 1 aliphatic heterocycles. The molecule has 2 rings (SSSR count). The second kappa shape index (κ2) is 4.03. The Morgan fingerprint density at radius 2 is 2.50 bits per heavy atom. The minimum atomic E-state index is -0.379. The van der Waals surface area contributed by atoms with E-state index >= 15 is 0 Å². The normalized spacial score (nSPS) is 26.1. The Labute approximate surface area is 98.4 Å². The van der Waals surface area contributed by atoms with Crippen molar-refractivity contribution in [1.82, 2.24) is 9.88 Å². The molecule has 0 bridgehead atoms. The Hall–Kier alpha value is -1.14. The first-order chi connectivity index (χ1) is 7.49. The molecule has 2 heterocycles. The Balaban J connectivity index is 1.97. The van der Waals surface area contributed by atoms with E-state index in [4.69, 9.17) is 11.5 Å². The predicted octanol–water partition coefficient (Wildman–Crippen LogP) is 0.423. The van der Waals surface area contributed by atoms with Crippen LogP contribution in [0, 0.1) is 5.41 Å². The number of thiazole rings is 1. The van der Waals surface area contributed by atoms with Crippen molar-refractivity contribution in [3.05, 3.63) is 11.1 Å². The van der Waals surface area contributed by atoms with E-state index < -0.39 is 0 Å². The summed E-state index contributed by atoms with van der Waals surface area (Å²) in [6.45, 7) is 4.35. The highest BCUT2D eigenvalue weighted by molar-refractivity contribution is 7.15. The van der Waals surface area contributed by atoms with Crippen LogP contribution in [0.2, 0.25) is 0 Å². The topological polar surface area (TPSA) is 85.2 Å². The van der Waals surface area contributed by atoms with Crippen molar-refractivity contribution >= 4 is 22.4 Å². The zero-order valence-electron chi connectivity index (χ0n) is 9.27. The van der Waals surface area contributed by atoms with Gasteiger partial charge in [0.15, 0.2) is 5.13 Å². The average molecular weight is 240 g/mol. The predicted molar refractivity (Wildman–Crippen MR) is 63.7 cm³/mol. The lowest BCUT2D eigenvalue weighted by Crippen LogP contribution is -2.36. The molecule has 16 heavy (non-hydrogen) atoms. The van der Waals surface area contributed by atoms with Gasteiger partial charge in [0.1, 0.15) is 0 Å². The molecule has 1 unspecified atom stereocenters. The van der Waals surface area contributed by atoms with E-state index in [9.17, 15) is 4.79 Å². The highest BCUT2D eigenvalue weighted by Crippen LogP contribution is 2.31. The molecule has 1 saturated heterocycles. The summed E-state index contributed by atoms with van der Waals surface area (Å²) in [6, 6.07) is 0. The molecule has 1 aromatic rings. The SMILES string of the molecule is CC1(C(N)=O)CCN(Cc2cnc(N)s2)C1. The molecule has 1 aliphatic rings. The minimum absolute atomic E-state index is 0.209. The van der Waals surface area contributed by atoms with Crippen LogP contribution in [0.3, 0.4) is 0 Å². The summed E-state index contributed by atoms with van der Waals surface area (Å²) < 4.78 is 0. The van der Waals surface area contributed by atoms with Crippen molar-refractivity contribution in [2.24, 2.45) is 11.1 Å². The number of nitrogen functional groups attached to an aromatic ring is 1. The monoisotopic (exact) mass is 240 g/mol. The maximum Gasteiger partial charge on any atom is 0.224 e. The van der Waals surface area contributed by atoms with Crippen LogP contribution in [0.25, 0.3) is 0 Å². The maximum atomic E-state index is 11.3. The van der Waals surface area contributed by atoms with Gasteiger partial charge in [-0.25, -0.2) is 4.98 Å². The summed E-state index contributed by atoms with van der Waals surface area (Å²) in [5.41, 5.74) is 10.6. The van der Waals surface area contributed by atoms with Crippen LogP contribution in [-0.4, -0.2) is 28.9 Å². The van der Waals surface area contributed by atoms with Crippen molar-refractivity contribution in [2.75, 3.05) is 18.8 Å². The van der Waals surface area contributed by atoms with Crippen LogP contribution in [0.15, 0.2) is 6.20 Å². The smallest absolute Gasteiger partial charge is 0.224 e. The van der Waals surface area contributed by atoms with Crippen LogP contribution in [0.4, 0.5) is 5.13 Å². The van der Waals surface area contributed by atoms with Gasteiger partial charge in [-0.05, 0) is 19.9 Å². The van der Waals surface area contributed by atoms with Gasteiger partial charge in [-0.3, -0.25) is 9.69 Å². The molecular weight excluding hydrogens is 224 g/mol. The number of primary amides is 1. The minimum Gasteiger partial charge on any atom is -0.375 e. The molecule has 1 aromatic heterocycles. The van der Waals surface area contributed by atoms with Crippen LogP contribution in [0.5, 0.6) is 0 Å². The zero-order valence-corrected chi connectivity index (χ0v) is 10.1. The number of carbonyl (C=O) groups excluding carboxylic acids is 1. The number of carbonyl (C=O) groups is 1. The molecule has 0 saturated carbocycles. The molecular formula is C10H16N4OS. The first kappa shape index (κ1) is 11.3. The van der Waals surface area contributed by atoms with Gasteiger partial charge in [0.25, 0.3) is 0 Å². The third-order valence-corrected chi connectivity index (χ3v) is 3.91. The first-order valence-corrected chi connectivity index (χ1v) is 6.04. The van der Waals surface area contributed by atoms with Crippen LogP contribution in [0.1, 0.15) is 18.2 Å². The number of aromatic nitrogens is 1. The number of hydrogen-bond acceptors (Lipinski definition) is 5. The quantitative estimate of drug-likeness (QED) is 0.802. The molecule has 0 aromatic carbocycles. The Bertz CT molecular complexity index is 405. The molecule has 1 fully saturated rings. The van der Waals surface area contributed by atoms with Crippen molar-refractivity contribution in [3.8, 4) is 0 Å². The number of nitrogens with two attached hydrogens (primary N) is 2. The van der Waals surface area contributed by atoms with Crippen molar-refractivity contribution in [2.45, 2.75) is 19.9 Å². The summed E-state index contributed by atoms with van der Waals surface area (Å²) in [5, 5.41) is 0.590. The van der Waals surface area contributed by atoms with Crippen molar-refractivity contribution in [1.29, 1.82) is 0 Å². The van der Waals surface area contributed by atoms with E-state index in [2.05, 4.69) is 9.88 Å². The van der Waals surface area contributed by atoms with E-state index in [0.717, 1.165) is 30.9 Å². The zero-order chi connectivity index (χ0) is 11.8. The second-order valence-corrected chi connectivity index (χ2v) is 5.70. The number of likely N-dealkylation sites (tertiary alicyclic amines) is 1. The van der Waals surface area contributed by atoms with Gasteiger partial charge < -0.3 is 11.5 Å². The van der Waals surface area contributed by atoms with Gasteiger partial charge in [-0.15, -0.1) is 11.3 Å². The molecule has 1 amide bonds. The largest absolute Gasteiger partial charge is 0.375 e. The number of rotatable bonds is 3. The van der Waals surface area contributed by atoms with Gasteiger partial charge in [0.05, 0.1) is 5.41 Å². The molecule has 88 valence electrons. The van der Waals surface area contributed by atoms with E-state index in [1.54, 1.807) is 6.20 Å². The van der Waals surface area contributed by atoms with Crippen LogP contribution < -0.4 is 11.5 Å². The molecule has 0 spiro atoms. The fourth-order valence-electron chi connectivity index (χ4n) is 2.01. The number of anilines is 1. The van der Waals surface area contributed by atoms with Crippen molar-refractivity contribution in [3.63, 3.8) is 0 Å². The van der Waals surface area contributed by atoms with E-state index in [1.807, 2.05) is 6.92 Å². The second-order valence-electron chi connectivity index (χ2n) is 4.55. The van der Waals surface area contributed by atoms with E-state index in [-0.39, 0.29) is 11.3 Å². The number of hydrogen-bond donors (Lipinski definition) is 2. The maximum absolute atomic E-state index is 11.3. The molecule has 5 nitrogen and oxygen atoms in total. The lowest BCUT2D eigenvalue weighted by Gasteiger charge is -2.20. The summed E-state index contributed by atoms with van der Waals surface area (Å²) in [5.74, 6) is -0.209. The van der Waals surface area contributed by atoms with E-state index in [0.29, 0.717) is 5.13 Å². The fraction of sp³-hybridized carbons (Fsp3) is 0.600. The third kappa shape index (κ3) is 2.17. The van der Waals surface area contributed by atoms with Gasteiger partial charge in [0, 0.05) is 24.2 Å². The summed E-state index contributed by atoms with van der Waals surface area (Å²) in [7, 11) is 0. The molecule has 1 atom stereocenters. The molecule has 4 N–H and O–H groups in total. The molecule has 6 heteroatoms.